The maximum absolute atomic E-state index is 13.6. The fourth-order valence-corrected chi connectivity index (χ4v) is 4.56. The number of halogens is 3. The minimum absolute atomic E-state index is 0.166. The Balaban J connectivity index is 1.54. The van der Waals surface area contributed by atoms with Gasteiger partial charge in [0.25, 0.3) is 0 Å². The van der Waals surface area contributed by atoms with Gasteiger partial charge in [0.1, 0.15) is 5.65 Å². The molecule has 0 unspecified atom stereocenters. The number of aromatic nitrogens is 2. The van der Waals surface area contributed by atoms with Gasteiger partial charge in [0.05, 0.1) is 11.3 Å². The van der Waals surface area contributed by atoms with Crippen molar-refractivity contribution in [2.45, 2.75) is 44.2 Å². The van der Waals surface area contributed by atoms with E-state index in [0.29, 0.717) is 23.5 Å². The standard InChI is InChI=1S/C21H30F3N5/c1-28-11-5-15(6-12-28)18-13-16-19(25-7-4-10-29-8-2-3-9-29)17(21(22,23)24)14-26-20(16)27-18/h13-15H,2-12H2,1H3,(H2,25,26,27). The van der Waals surface area contributed by atoms with Crippen molar-refractivity contribution in [2.24, 2.45) is 0 Å². The van der Waals surface area contributed by atoms with Crippen molar-refractivity contribution in [1.82, 2.24) is 19.8 Å². The maximum atomic E-state index is 13.6. The minimum Gasteiger partial charge on any atom is -0.384 e. The van der Waals surface area contributed by atoms with Crippen molar-refractivity contribution in [3.8, 4) is 0 Å². The molecule has 0 spiro atoms. The van der Waals surface area contributed by atoms with Crippen molar-refractivity contribution >= 4 is 16.7 Å². The number of likely N-dealkylation sites (tertiary alicyclic amines) is 2. The molecule has 2 fully saturated rings. The number of rotatable bonds is 6. The van der Waals surface area contributed by atoms with Crippen LogP contribution in [0.3, 0.4) is 0 Å². The number of fused-ring (bicyclic) bond motifs is 1. The highest BCUT2D eigenvalue weighted by atomic mass is 19.4. The largest absolute Gasteiger partial charge is 0.419 e. The Bertz CT molecular complexity index is 818. The SMILES string of the molecule is CN1CCC(c2cc3c(NCCCN4CCCC4)c(C(F)(F)F)cnc3[nH]2)CC1. The van der Waals surface area contributed by atoms with Gasteiger partial charge >= 0.3 is 6.18 Å². The van der Waals surface area contributed by atoms with Gasteiger partial charge in [-0.05, 0) is 77.9 Å². The molecule has 5 nitrogen and oxygen atoms in total. The minimum atomic E-state index is -4.43. The van der Waals surface area contributed by atoms with Crippen LogP contribution >= 0.6 is 0 Å². The fourth-order valence-electron chi connectivity index (χ4n) is 4.56. The lowest BCUT2D eigenvalue weighted by atomic mass is 9.94. The van der Waals surface area contributed by atoms with Crippen molar-refractivity contribution in [1.29, 1.82) is 0 Å². The normalized spacial score (nSPS) is 20.0. The fraction of sp³-hybridized carbons (Fsp3) is 0.667. The van der Waals surface area contributed by atoms with Crippen molar-refractivity contribution in [3.63, 3.8) is 0 Å². The maximum Gasteiger partial charge on any atom is 0.419 e. The smallest absolute Gasteiger partial charge is 0.384 e. The van der Waals surface area contributed by atoms with Crippen LogP contribution in [-0.2, 0) is 6.18 Å². The van der Waals surface area contributed by atoms with E-state index in [4.69, 9.17) is 0 Å². The average Bonchev–Trinajstić information content (AvgIpc) is 3.34. The van der Waals surface area contributed by atoms with E-state index in [2.05, 4.69) is 32.1 Å². The third-order valence-electron chi connectivity index (χ3n) is 6.29. The summed E-state index contributed by atoms with van der Waals surface area (Å²) in [6.07, 6.45) is 1.82. The molecule has 0 aliphatic carbocycles. The van der Waals surface area contributed by atoms with Crippen molar-refractivity contribution < 1.29 is 13.2 Å². The third kappa shape index (κ3) is 4.69. The summed E-state index contributed by atoms with van der Waals surface area (Å²) < 4.78 is 40.9. The lowest BCUT2D eigenvalue weighted by molar-refractivity contribution is -0.137. The quantitative estimate of drug-likeness (QED) is 0.699. The molecule has 0 aromatic carbocycles. The van der Waals surface area contributed by atoms with E-state index >= 15 is 0 Å². The van der Waals surface area contributed by atoms with Gasteiger partial charge in [0.2, 0.25) is 0 Å². The lowest BCUT2D eigenvalue weighted by Crippen LogP contribution is -2.29. The zero-order valence-electron chi connectivity index (χ0n) is 17.0. The molecule has 2 saturated heterocycles. The second kappa shape index (κ2) is 8.52. The number of anilines is 1. The topological polar surface area (TPSA) is 47.2 Å². The molecule has 2 aliphatic heterocycles. The number of piperidine rings is 1. The van der Waals surface area contributed by atoms with Crippen LogP contribution in [0.4, 0.5) is 18.9 Å². The summed E-state index contributed by atoms with van der Waals surface area (Å²) in [5.41, 5.74) is 1.02. The molecule has 0 bridgehead atoms. The Kier molecular flexibility index (Phi) is 6.01. The first-order valence-corrected chi connectivity index (χ1v) is 10.7. The van der Waals surface area contributed by atoms with E-state index in [1.807, 2.05) is 6.07 Å². The van der Waals surface area contributed by atoms with Gasteiger partial charge in [0, 0.05) is 29.7 Å². The van der Waals surface area contributed by atoms with E-state index < -0.39 is 11.7 Å². The van der Waals surface area contributed by atoms with E-state index in [1.54, 1.807) is 0 Å². The molecule has 8 heteroatoms. The summed E-state index contributed by atoms with van der Waals surface area (Å²) >= 11 is 0. The van der Waals surface area contributed by atoms with Crippen LogP contribution in [0, 0.1) is 0 Å². The zero-order valence-corrected chi connectivity index (χ0v) is 17.0. The van der Waals surface area contributed by atoms with Crippen LogP contribution in [-0.4, -0.2) is 66.1 Å². The Morgan fingerprint density at radius 1 is 1.17 bits per heavy atom. The molecule has 29 heavy (non-hydrogen) atoms. The highest BCUT2D eigenvalue weighted by molar-refractivity contribution is 5.92. The summed E-state index contributed by atoms with van der Waals surface area (Å²) in [5.74, 6) is 0.345. The van der Waals surface area contributed by atoms with Gasteiger partial charge in [-0.1, -0.05) is 0 Å². The Morgan fingerprint density at radius 2 is 1.90 bits per heavy atom. The first-order chi connectivity index (χ1) is 13.9. The Morgan fingerprint density at radius 3 is 2.59 bits per heavy atom. The molecule has 2 N–H and O–H groups in total. The van der Waals surface area contributed by atoms with Crippen LogP contribution < -0.4 is 5.32 Å². The predicted octanol–water partition coefficient (Wildman–Crippen LogP) is 4.29. The second-order valence-electron chi connectivity index (χ2n) is 8.44. The summed E-state index contributed by atoms with van der Waals surface area (Å²) in [4.78, 5) is 12.0. The summed E-state index contributed by atoms with van der Waals surface area (Å²) in [6.45, 7) is 5.66. The highest BCUT2D eigenvalue weighted by Gasteiger charge is 2.35. The van der Waals surface area contributed by atoms with Gasteiger partial charge < -0.3 is 20.1 Å². The highest BCUT2D eigenvalue weighted by Crippen LogP contribution is 2.39. The molecule has 2 aromatic heterocycles. The molecule has 0 amide bonds. The van der Waals surface area contributed by atoms with Crippen molar-refractivity contribution in [2.75, 3.05) is 51.6 Å². The van der Waals surface area contributed by atoms with Crippen molar-refractivity contribution in [3.05, 3.63) is 23.5 Å². The lowest BCUT2D eigenvalue weighted by Gasteiger charge is -2.28. The molecular weight excluding hydrogens is 379 g/mol. The number of H-pyrrole nitrogens is 1. The van der Waals surface area contributed by atoms with E-state index in [-0.39, 0.29) is 5.69 Å². The van der Waals surface area contributed by atoms with Crippen LogP contribution in [0.2, 0.25) is 0 Å². The van der Waals surface area contributed by atoms with Crippen LogP contribution in [0.15, 0.2) is 12.3 Å². The number of hydrogen-bond donors (Lipinski definition) is 2. The van der Waals surface area contributed by atoms with Crippen LogP contribution in [0.5, 0.6) is 0 Å². The van der Waals surface area contributed by atoms with E-state index in [9.17, 15) is 13.2 Å². The number of nitrogens with one attached hydrogen (secondary N) is 2. The first kappa shape index (κ1) is 20.5. The number of hydrogen-bond acceptors (Lipinski definition) is 4. The average molecular weight is 410 g/mol. The first-order valence-electron chi connectivity index (χ1n) is 10.7. The predicted molar refractivity (Wildman–Crippen MR) is 109 cm³/mol. The Labute approximate surface area is 169 Å². The van der Waals surface area contributed by atoms with E-state index in [0.717, 1.165) is 63.9 Å². The summed E-state index contributed by atoms with van der Waals surface area (Å²) in [6, 6.07) is 1.89. The molecular formula is C21H30F3N5. The second-order valence-corrected chi connectivity index (χ2v) is 8.44. The zero-order chi connectivity index (χ0) is 20.4. The summed E-state index contributed by atoms with van der Waals surface area (Å²) in [7, 11) is 2.10. The monoisotopic (exact) mass is 409 g/mol. The van der Waals surface area contributed by atoms with Gasteiger partial charge in [-0.3, -0.25) is 0 Å². The third-order valence-corrected chi connectivity index (χ3v) is 6.29. The molecule has 160 valence electrons. The number of nitrogens with zero attached hydrogens (tertiary/aromatic N) is 3. The number of pyridine rings is 1. The van der Waals surface area contributed by atoms with Gasteiger partial charge in [-0.25, -0.2) is 4.98 Å². The van der Waals surface area contributed by atoms with Crippen LogP contribution in [0.25, 0.3) is 11.0 Å². The van der Waals surface area contributed by atoms with Gasteiger partial charge in [-0.2, -0.15) is 13.2 Å². The summed E-state index contributed by atoms with van der Waals surface area (Å²) in [5, 5.41) is 3.65. The van der Waals surface area contributed by atoms with E-state index in [1.165, 1.54) is 12.8 Å². The van der Waals surface area contributed by atoms with Gasteiger partial charge in [-0.15, -0.1) is 0 Å². The number of aromatic amines is 1. The molecule has 2 aromatic rings. The van der Waals surface area contributed by atoms with Crippen LogP contribution in [0.1, 0.15) is 49.3 Å². The molecule has 0 atom stereocenters. The molecule has 4 heterocycles. The Hall–Kier alpha value is -1.80. The molecule has 4 rings (SSSR count). The molecule has 0 radical (unpaired) electrons. The van der Waals surface area contributed by atoms with Gasteiger partial charge in [0.15, 0.2) is 0 Å². The molecule has 2 aliphatic rings. The number of alkyl halides is 3. The molecule has 0 saturated carbocycles.